The van der Waals surface area contributed by atoms with E-state index in [1.807, 2.05) is 18.2 Å². The molecule has 0 unspecified atom stereocenters. The summed E-state index contributed by atoms with van der Waals surface area (Å²) in [5.41, 5.74) is 1.03. The fraction of sp³-hybridized carbons (Fsp3) is 0.238. The predicted molar refractivity (Wildman–Crippen MR) is 102 cm³/mol. The predicted octanol–water partition coefficient (Wildman–Crippen LogP) is 4.39. The zero-order valence-electron chi connectivity index (χ0n) is 15.4. The van der Waals surface area contributed by atoms with Crippen molar-refractivity contribution < 1.29 is 22.7 Å². The number of nitrogens with one attached hydrogen (secondary N) is 1. The van der Waals surface area contributed by atoms with Gasteiger partial charge in [-0.2, -0.15) is 18.3 Å². The molecule has 4 rings (SSSR count). The van der Waals surface area contributed by atoms with E-state index in [0.29, 0.717) is 22.6 Å². The van der Waals surface area contributed by atoms with Gasteiger partial charge >= 0.3 is 6.18 Å². The maximum absolute atomic E-state index is 12.9. The van der Waals surface area contributed by atoms with E-state index in [-0.39, 0.29) is 18.6 Å². The maximum Gasteiger partial charge on any atom is 0.416 e. The Hall–Kier alpha value is -3.29. The van der Waals surface area contributed by atoms with Crippen LogP contribution < -0.4 is 10.1 Å². The van der Waals surface area contributed by atoms with Crippen LogP contribution in [0.5, 0.6) is 5.75 Å². The van der Waals surface area contributed by atoms with E-state index in [2.05, 4.69) is 17.0 Å². The number of carbonyl (C=O) groups is 1. The van der Waals surface area contributed by atoms with Gasteiger partial charge in [0.05, 0.1) is 35.1 Å². The SMILES string of the molecule is C=CC(=O)NCc1nn(-c2ccc(C(F)(F)F)cc2)c2cc(OC3CC3)ccc12. The highest BCUT2D eigenvalue weighted by molar-refractivity contribution is 5.88. The molecule has 3 aromatic rings. The summed E-state index contributed by atoms with van der Waals surface area (Å²) >= 11 is 0. The summed E-state index contributed by atoms with van der Waals surface area (Å²) in [5.74, 6) is 0.339. The summed E-state index contributed by atoms with van der Waals surface area (Å²) in [7, 11) is 0. The van der Waals surface area contributed by atoms with Crippen molar-refractivity contribution in [3.05, 3.63) is 66.4 Å². The van der Waals surface area contributed by atoms with Gasteiger partial charge in [0.1, 0.15) is 5.75 Å². The Morgan fingerprint density at radius 1 is 1.24 bits per heavy atom. The lowest BCUT2D eigenvalue weighted by atomic mass is 10.1. The van der Waals surface area contributed by atoms with Gasteiger partial charge in [0, 0.05) is 11.5 Å². The number of hydrogen-bond donors (Lipinski definition) is 1. The Labute approximate surface area is 164 Å². The molecule has 1 amide bonds. The average molecular weight is 401 g/mol. The molecule has 1 aliphatic carbocycles. The van der Waals surface area contributed by atoms with Crippen LogP contribution >= 0.6 is 0 Å². The molecule has 0 aliphatic heterocycles. The molecule has 0 bridgehead atoms. The highest BCUT2D eigenvalue weighted by Gasteiger charge is 2.30. The van der Waals surface area contributed by atoms with Gasteiger partial charge in [-0.25, -0.2) is 4.68 Å². The van der Waals surface area contributed by atoms with Crippen molar-refractivity contribution in [2.24, 2.45) is 0 Å². The second-order valence-electron chi connectivity index (χ2n) is 6.82. The highest BCUT2D eigenvalue weighted by Crippen LogP contribution is 2.33. The molecule has 1 N–H and O–H groups in total. The number of nitrogens with zero attached hydrogens (tertiary/aromatic N) is 2. The summed E-state index contributed by atoms with van der Waals surface area (Å²) in [6.45, 7) is 3.58. The quantitative estimate of drug-likeness (QED) is 0.624. The van der Waals surface area contributed by atoms with E-state index in [1.54, 1.807) is 4.68 Å². The van der Waals surface area contributed by atoms with Crippen LogP contribution in [0.3, 0.4) is 0 Å². The number of rotatable bonds is 6. The minimum absolute atomic E-state index is 0.165. The van der Waals surface area contributed by atoms with Gasteiger partial charge in [0.15, 0.2) is 0 Å². The van der Waals surface area contributed by atoms with Gasteiger partial charge in [0.2, 0.25) is 5.91 Å². The molecule has 8 heteroatoms. The molecule has 150 valence electrons. The van der Waals surface area contributed by atoms with Gasteiger partial charge in [-0.15, -0.1) is 0 Å². The third kappa shape index (κ3) is 4.11. The number of hydrogen-bond acceptors (Lipinski definition) is 3. The first-order valence-electron chi connectivity index (χ1n) is 9.11. The third-order valence-corrected chi connectivity index (χ3v) is 4.61. The molecule has 2 aromatic carbocycles. The molecule has 1 aromatic heterocycles. The fourth-order valence-corrected chi connectivity index (χ4v) is 2.97. The maximum atomic E-state index is 12.9. The normalized spacial score (nSPS) is 14.0. The molecule has 1 aliphatic rings. The molecule has 0 spiro atoms. The molecule has 1 saturated carbocycles. The molecule has 0 atom stereocenters. The van der Waals surface area contributed by atoms with E-state index in [4.69, 9.17) is 4.74 Å². The molecule has 1 fully saturated rings. The topological polar surface area (TPSA) is 56.2 Å². The minimum atomic E-state index is -4.41. The van der Waals surface area contributed by atoms with E-state index in [1.165, 1.54) is 12.1 Å². The summed E-state index contributed by atoms with van der Waals surface area (Å²) in [5, 5.41) is 7.98. The first-order valence-corrected chi connectivity index (χ1v) is 9.11. The average Bonchev–Trinajstić information content (AvgIpc) is 3.44. The number of alkyl halides is 3. The van der Waals surface area contributed by atoms with Crippen molar-refractivity contribution in [3.8, 4) is 11.4 Å². The summed E-state index contributed by atoms with van der Waals surface area (Å²) in [6, 6.07) is 10.3. The Kier molecular flexibility index (Phi) is 4.77. The summed E-state index contributed by atoms with van der Waals surface area (Å²) < 4.78 is 46.0. The van der Waals surface area contributed by atoms with Crippen LogP contribution in [0.2, 0.25) is 0 Å². The second-order valence-corrected chi connectivity index (χ2v) is 6.82. The fourth-order valence-electron chi connectivity index (χ4n) is 2.97. The largest absolute Gasteiger partial charge is 0.490 e. The van der Waals surface area contributed by atoms with Crippen LogP contribution in [-0.4, -0.2) is 21.8 Å². The lowest BCUT2D eigenvalue weighted by Crippen LogP contribution is -2.20. The number of aromatic nitrogens is 2. The Bertz CT molecular complexity index is 1070. The van der Waals surface area contributed by atoms with Gasteiger partial charge in [0.25, 0.3) is 0 Å². The Morgan fingerprint density at radius 3 is 2.59 bits per heavy atom. The van der Waals surface area contributed by atoms with Crippen molar-refractivity contribution in [3.63, 3.8) is 0 Å². The Morgan fingerprint density at radius 2 is 1.97 bits per heavy atom. The lowest BCUT2D eigenvalue weighted by Gasteiger charge is -2.09. The number of fused-ring (bicyclic) bond motifs is 1. The molecular weight excluding hydrogens is 383 g/mol. The number of ether oxygens (including phenoxy) is 1. The van der Waals surface area contributed by atoms with Gasteiger partial charge in [-0.3, -0.25) is 4.79 Å². The van der Waals surface area contributed by atoms with Crippen LogP contribution in [0.25, 0.3) is 16.6 Å². The number of carbonyl (C=O) groups excluding carboxylic acids is 1. The molecule has 0 radical (unpaired) electrons. The first-order chi connectivity index (χ1) is 13.8. The van der Waals surface area contributed by atoms with Crippen molar-refractivity contribution in [2.75, 3.05) is 0 Å². The van der Waals surface area contributed by atoms with Crippen molar-refractivity contribution >= 4 is 16.8 Å². The van der Waals surface area contributed by atoms with Gasteiger partial charge in [-0.05, 0) is 55.3 Å². The smallest absolute Gasteiger partial charge is 0.416 e. The summed E-state index contributed by atoms with van der Waals surface area (Å²) in [4.78, 5) is 11.5. The molecule has 29 heavy (non-hydrogen) atoms. The van der Waals surface area contributed by atoms with Crippen LogP contribution in [0.4, 0.5) is 13.2 Å². The van der Waals surface area contributed by atoms with Crippen molar-refractivity contribution in [1.29, 1.82) is 0 Å². The monoisotopic (exact) mass is 401 g/mol. The van der Waals surface area contributed by atoms with E-state index >= 15 is 0 Å². The van der Waals surface area contributed by atoms with E-state index in [9.17, 15) is 18.0 Å². The van der Waals surface area contributed by atoms with Crippen LogP contribution in [-0.2, 0) is 17.5 Å². The van der Waals surface area contributed by atoms with Crippen LogP contribution in [0.1, 0.15) is 24.1 Å². The number of halogens is 3. The third-order valence-electron chi connectivity index (χ3n) is 4.61. The first kappa shape index (κ1) is 19.0. The molecular formula is C21H18F3N3O2. The zero-order valence-corrected chi connectivity index (χ0v) is 15.4. The molecule has 5 nitrogen and oxygen atoms in total. The van der Waals surface area contributed by atoms with Gasteiger partial charge < -0.3 is 10.1 Å². The Balaban J connectivity index is 1.75. The summed E-state index contributed by atoms with van der Waals surface area (Å²) in [6.07, 6.45) is -1.02. The van der Waals surface area contributed by atoms with Crippen molar-refractivity contribution in [1.82, 2.24) is 15.1 Å². The molecule has 1 heterocycles. The minimum Gasteiger partial charge on any atom is -0.490 e. The van der Waals surface area contributed by atoms with E-state index < -0.39 is 11.7 Å². The zero-order chi connectivity index (χ0) is 20.6. The number of benzene rings is 2. The molecule has 0 saturated heterocycles. The van der Waals surface area contributed by atoms with Crippen LogP contribution in [0.15, 0.2) is 55.1 Å². The lowest BCUT2D eigenvalue weighted by molar-refractivity contribution is -0.137. The van der Waals surface area contributed by atoms with Gasteiger partial charge in [-0.1, -0.05) is 6.58 Å². The highest BCUT2D eigenvalue weighted by atomic mass is 19.4. The number of amides is 1. The van der Waals surface area contributed by atoms with Crippen LogP contribution in [0, 0.1) is 0 Å². The van der Waals surface area contributed by atoms with E-state index in [0.717, 1.165) is 36.4 Å². The standard InChI is InChI=1S/C21H18F3N3O2/c1-2-20(28)25-12-18-17-10-9-16(29-15-7-8-15)11-19(17)27(26-18)14-5-3-13(4-6-14)21(22,23)24/h2-6,9-11,15H,1,7-8,12H2,(H,25,28). The van der Waals surface area contributed by atoms with Crippen molar-refractivity contribution in [2.45, 2.75) is 31.7 Å². The second kappa shape index (κ2) is 7.27.